The molecule has 0 aromatic heterocycles. The Bertz CT molecular complexity index is 1030. The van der Waals surface area contributed by atoms with Crippen LogP contribution in [0.5, 0.6) is 5.75 Å². The Morgan fingerprint density at radius 2 is 1.34 bits per heavy atom. The Hall–Kier alpha value is -3.40. The van der Waals surface area contributed by atoms with Crippen LogP contribution in [0.15, 0.2) is 77.9 Å². The number of nitrogens with one attached hydrogen (secondary N) is 1. The van der Waals surface area contributed by atoms with E-state index in [1.165, 1.54) is 5.56 Å². The molecule has 1 aliphatic rings. The predicted molar refractivity (Wildman–Crippen MR) is 116 cm³/mol. The average molecular weight is 384 g/mol. The van der Waals surface area contributed by atoms with Crippen LogP contribution in [0, 0.1) is 0 Å². The monoisotopic (exact) mass is 384 g/mol. The first-order valence-electron chi connectivity index (χ1n) is 9.72. The third-order valence-electron chi connectivity index (χ3n) is 5.04. The first-order chi connectivity index (χ1) is 13.9. The van der Waals surface area contributed by atoms with Crippen molar-refractivity contribution in [1.82, 2.24) is 5.43 Å². The summed E-state index contributed by atoms with van der Waals surface area (Å²) in [5.41, 5.74) is 9.02. The number of hydrogen-bond donors (Lipinski definition) is 1. The lowest BCUT2D eigenvalue weighted by atomic mass is 9.87. The molecule has 0 spiro atoms. The number of fused-ring (bicyclic) bond motifs is 3. The Balaban J connectivity index is 1.44. The molecule has 0 saturated heterocycles. The van der Waals surface area contributed by atoms with Crippen molar-refractivity contribution in [3.05, 3.63) is 89.5 Å². The molecule has 0 fully saturated rings. The summed E-state index contributed by atoms with van der Waals surface area (Å²) in [7, 11) is 0. The molecule has 4 nitrogen and oxygen atoms in total. The lowest BCUT2D eigenvalue weighted by molar-refractivity contribution is -0.123. The van der Waals surface area contributed by atoms with Gasteiger partial charge < -0.3 is 4.74 Å². The molecule has 0 unspecified atom stereocenters. The van der Waals surface area contributed by atoms with Crippen LogP contribution >= 0.6 is 0 Å². The van der Waals surface area contributed by atoms with Crippen molar-refractivity contribution in [3.8, 4) is 16.9 Å². The quantitative estimate of drug-likeness (QED) is 0.508. The third-order valence-corrected chi connectivity index (χ3v) is 5.04. The van der Waals surface area contributed by atoms with Crippen LogP contribution in [-0.4, -0.2) is 18.2 Å². The summed E-state index contributed by atoms with van der Waals surface area (Å²) in [6.07, 6.45) is 0. The van der Waals surface area contributed by atoms with E-state index in [4.69, 9.17) is 4.74 Å². The van der Waals surface area contributed by atoms with Crippen molar-refractivity contribution in [3.63, 3.8) is 0 Å². The minimum atomic E-state index is -0.292. The van der Waals surface area contributed by atoms with E-state index in [9.17, 15) is 4.79 Å². The largest absolute Gasteiger partial charge is 0.484 e. The van der Waals surface area contributed by atoms with E-state index in [-0.39, 0.29) is 17.9 Å². The minimum Gasteiger partial charge on any atom is -0.484 e. The average Bonchev–Trinajstić information content (AvgIpc) is 3.04. The highest BCUT2D eigenvalue weighted by atomic mass is 16.5. The minimum absolute atomic E-state index is 0.0832. The first-order valence-corrected chi connectivity index (χ1v) is 9.72. The van der Waals surface area contributed by atoms with Crippen LogP contribution < -0.4 is 10.2 Å². The molecular weight excluding hydrogens is 360 g/mol. The zero-order valence-electron chi connectivity index (χ0n) is 16.9. The Morgan fingerprint density at radius 3 is 1.86 bits per heavy atom. The Morgan fingerprint density at radius 1 is 0.828 bits per heavy atom. The zero-order chi connectivity index (χ0) is 20.4. The van der Waals surface area contributed by atoms with Crippen molar-refractivity contribution < 1.29 is 9.53 Å². The van der Waals surface area contributed by atoms with E-state index in [1.54, 1.807) is 0 Å². The van der Waals surface area contributed by atoms with Crippen molar-refractivity contribution in [2.24, 2.45) is 5.10 Å². The van der Waals surface area contributed by atoms with Gasteiger partial charge in [-0.25, -0.2) is 5.43 Å². The lowest BCUT2D eigenvalue weighted by Gasteiger charge is -2.19. The van der Waals surface area contributed by atoms with Gasteiger partial charge in [0.2, 0.25) is 0 Å². The molecular formula is C25H24N2O2. The van der Waals surface area contributed by atoms with Gasteiger partial charge in [0.25, 0.3) is 5.91 Å². The number of amides is 1. The molecule has 0 saturated carbocycles. The van der Waals surface area contributed by atoms with Crippen molar-refractivity contribution >= 4 is 11.6 Å². The molecule has 0 radical (unpaired) electrons. The number of nitrogens with zero attached hydrogens (tertiary/aromatic N) is 1. The molecule has 29 heavy (non-hydrogen) atoms. The smallest absolute Gasteiger partial charge is 0.277 e. The molecule has 1 aliphatic carbocycles. The topological polar surface area (TPSA) is 50.7 Å². The van der Waals surface area contributed by atoms with Gasteiger partial charge in [0.1, 0.15) is 5.75 Å². The fraction of sp³-hybridized carbons (Fsp3) is 0.200. The number of rotatable bonds is 4. The third kappa shape index (κ3) is 3.92. The highest BCUT2D eigenvalue weighted by molar-refractivity contribution is 6.24. The highest BCUT2D eigenvalue weighted by Crippen LogP contribution is 2.36. The molecule has 0 aliphatic heterocycles. The maximum atomic E-state index is 12.3. The van der Waals surface area contributed by atoms with E-state index in [2.05, 4.69) is 43.4 Å². The van der Waals surface area contributed by atoms with Gasteiger partial charge in [-0.3, -0.25) is 4.79 Å². The summed E-state index contributed by atoms with van der Waals surface area (Å²) in [5, 5.41) is 4.40. The predicted octanol–water partition coefficient (Wildman–Crippen LogP) is 4.91. The van der Waals surface area contributed by atoms with E-state index >= 15 is 0 Å². The summed E-state index contributed by atoms with van der Waals surface area (Å²) in [4.78, 5) is 12.3. The van der Waals surface area contributed by atoms with Crippen LogP contribution in [0.1, 0.15) is 37.5 Å². The zero-order valence-corrected chi connectivity index (χ0v) is 16.9. The Labute approximate surface area is 171 Å². The molecule has 1 N–H and O–H groups in total. The van der Waals surface area contributed by atoms with Crippen molar-refractivity contribution in [1.29, 1.82) is 0 Å². The fourth-order valence-corrected chi connectivity index (χ4v) is 3.47. The second kappa shape index (κ2) is 7.55. The summed E-state index contributed by atoms with van der Waals surface area (Å²) in [5.74, 6) is 0.372. The standard InChI is InChI=1S/C25H24N2O2/c1-25(2,3)17-12-14-18(15-13-17)29-16-23(28)26-27-24-21-10-6-4-8-19(21)20-9-5-7-11-22(20)24/h4-15H,16H2,1-3H3,(H,26,28). The molecule has 146 valence electrons. The van der Waals surface area contributed by atoms with E-state index in [1.807, 2.05) is 60.7 Å². The van der Waals surface area contributed by atoms with Gasteiger partial charge in [-0.1, -0.05) is 81.4 Å². The number of carbonyl (C=O) groups excluding carboxylic acids is 1. The molecule has 0 bridgehead atoms. The van der Waals surface area contributed by atoms with Crippen LogP contribution in [0.25, 0.3) is 11.1 Å². The SMILES string of the molecule is CC(C)(C)c1ccc(OCC(=O)NN=C2c3ccccc3-c3ccccc32)cc1. The number of hydrogen-bond acceptors (Lipinski definition) is 3. The molecule has 0 heterocycles. The molecule has 0 atom stereocenters. The number of benzene rings is 3. The van der Waals surface area contributed by atoms with Crippen LogP contribution in [0.2, 0.25) is 0 Å². The van der Waals surface area contributed by atoms with E-state index in [0.717, 1.165) is 28.0 Å². The van der Waals surface area contributed by atoms with Crippen LogP contribution in [0.3, 0.4) is 0 Å². The normalized spacial score (nSPS) is 12.2. The van der Waals surface area contributed by atoms with Gasteiger partial charge in [0.15, 0.2) is 6.61 Å². The van der Waals surface area contributed by atoms with E-state index in [0.29, 0.717) is 5.75 Å². The molecule has 3 aromatic rings. The Kier molecular flexibility index (Phi) is 4.93. The van der Waals surface area contributed by atoms with Gasteiger partial charge in [-0.05, 0) is 34.2 Å². The fourth-order valence-electron chi connectivity index (χ4n) is 3.47. The molecule has 4 heteroatoms. The number of ether oxygens (including phenoxy) is 1. The summed E-state index contributed by atoms with van der Waals surface area (Å²) in [6, 6.07) is 24.0. The van der Waals surface area contributed by atoms with E-state index < -0.39 is 0 Å². The van der Waals surface area contributed by atoms with Gasteiger partial charge in [-0.2, -0.15) is 5.10 Å². The highest BCUT2D eigenvalue weighted by Gasteiger charge is 2.24. The lowest BCUT2D eigenvalue weighted by Crippen LogP contribution is -2.26. The van der Waals surface area contributed by atoms with Crippen molar-refractivity contribution in [2.45, 2.75) is 26.2 Å². The number of carbonyl (C=O) groups is 1. The summed E-state index contributed by atoms with van der Waals surface area (Å²) in [6.45, 7) is 6.40. The molecule has 1 amide bonds. The van der Waals surface area contributed by atoms with Gasteiger partial charge in [0.05, 0.1) is 5.71 Å². The van der Waals surface area contributed by atoms with Gasteiger partial charge in [0, 0.05) is 11.1 Å². The van der Waals surface area contributed by atoms with Gasteiger partial charge in [-0.15, -0.1) is 0 Å². The van der Waals surface area contributed by atoms with Crippen LogP contribution in [-0.2, 0) is 10.2 Å². The number of hydrazone groups is 1. The summed E-state index contributed by atoms with van der Waals surface area (Å²) < 4.78 is 5.61. The van der Waals surface area contributed by atoms with Gasteiger partial charge >= 0.3 is 0 Å². The molecule has 4 rings (SSSR count). The van der Waals surface area contributed by atoms with Crippen LogP contribution in [0.4, 0.5) is 0 Å². The maximum Gasteiger partial charge on any atom is 0.277 e. The molecule has 3 aromatic carbocycles. The second-order valence-electron chi connectivity index (χ2n) is 8.15. The van der Waals surface area contributed by atoms with Crippen molar-refractivity contribution in [2.75, 3.05) is 6.61 Å². The second-order valence-corrected chi connectivity index (χ2v) is 8.15. The maximum absolute atomic E-state index is 12.3. The first kappa shape index (κ1) is 18.9. The summed E-state index contributed by atoms with van der Waals surface area (Å²) >= 11 is 0.